The van der Waals surface area contributed by atoms with Crippen LogP contribution in [-0.2, 0) is 4.79 Å². The smallest absolute Gasteiger partial charge is 0.227 e. The molecule has 15 heavy (non-hydrogen) atoms. The normalized spacial score (nSPS) is 11.9. The Morgan fingerprint density at radius 3 is 2.73 bits per heavy atom. The lowest BCUT2D eigenvalue weighted by molar-refractivity contribution is -0.119. The molecule has 1 aromatic carbocycles. The van der Waals surface area contributed by atoms with E-state index in [2.05, 4.69) is 5.32 Å². The van der Waals surface area contributed by atoms with Crippen LogP contribution < -0.4 is 10.1 Å². The lowest BCUT2D eigenvalue weighted by Crippen LogP contribution is -2.19. The van der Waals surface area contributed by atoms with E-state index in [1.54, 1.807) is 7.11 Å². The molecule has 0 unspecified atom stereocenters. The monoisotopic (exact) mass is 207 g/mol. The van der Waals surface area contributed by atoms with Crippen LogP contribution in [-0.4, -0.2) is 13.0 Å². The maximum atomic E-state index is 11.6. The fourth-order valence-electron chi connectivity index (χ4n) is 1.19. The van der Waals surface area contributed by atoms with Gasteiger partial charge in [-0.3, -0.25) is 4.79 Å². The number of para-hydroxylation sites is 2. The molecular weight excluding hydrogens is 190 g/mol. The fraction of sp³-hybridized carbons (Fsp3) is 0.417. The van der Waals surface area contributed by atoms with Crippen molar-refractivity contribution in [1.82, 2.24) is 0 Å². The van der Waals surface area contributed by atoms with Gasteiger partial charge in [0.1, 0.15) is 5.75 Å². The maximum Gasteiger partial charge on any atom is 0.227 e. The zero-order valence-corrected chi connectivity index (χ0v) is 9.41. The van der Waals surface area contributed by atoms with Crippen LogP contribution in [0.25, 0.3) is 0 Å². The van der Waals surface area contributed by atoms with Crippen molar-refractivity contribution >= 4 is 11.6 Å². The van der Waals surface area contributed by atoms with E-state index in [1.165, 1.54) is 0 Å². The summed E-state index contributed by atoms with van der Waals surface area (Å²) in [5.41, 5.74) is 0.727. The van der Waals surface area contributed by atoms with Gasteiger partial charge in [-0.1, -0.05) is 26.0 Å². The van der Waals surface area contributed by atoms with E-state index in [1.807, 2.05) is 38.1 Å². The van der Waals surface area contributed by atoms with E-state index in [9.17, 15) is 4.79 Å². The predicted octanol–water partition coefficient (Wildman–Crippen LogP) is 2.68. The summed E-state index contributed by atoms with van der Waals surface area (Å²) in [6, 6.07) is 7.40. The van der Waals surface area contributed by atoms with Crippen LogP contribution in [0.5, 0.6) is 5.75 Å². The van der Waals surface area contributed by atoms with Gasteiger partial charge in [-0.15, -0.1) is 0 Å². The third kappa shape index (κ3) is 2.98. The predicted molar refractivity (Wildman–Crippen MR) is 61.1 cm³/mol. The minimum Gasteiger partial charge on any atom is -0.495 e. The number of rotatable bonds is 4. The molecule has 0 aromatic heterocycles. The van der Waals surface area contributed by atoms with E-state index in [0.717, 1.165) is 12.1 Å². The molecule has 1 amide bonds. The molecule has 0 aliphatic heterocycles. The van der Waals surface area contributed by atoms with Gasteiger partial charge >= 0.3 is 0 Å². The Bertz CT molecular complexity index is 336. The van der Waals surface area contributed by atoms with E-state index in [0.29, 0.717) is 5.75 Å². The molecule has 1 rings (SSSR count). The first-order valence-corrected chi connectivity index (χ1v) is 5.13. The molecule has 0 spiro atoms. The Morgan fingerprint density at radius 1 is 1.47 bits per heavy atom. The number of amides is 1. The molecule has 1 atom stereocenters. The molecule has 1 N–H and O–H groups in total. The maximum absolute atomic E-state index is 11.6. The third-order valence-corrected chi connectivity index (χ3v) is 2.42. The number of methoxy groups -OCH3 is 1. The zero-order valence-electron chi connectivity index (χ0n) is 9.41. The Morgan fingerprint density at radius 2 is 2.13 bits per heavy atom. The summed E-state index contributed by atoms with van der Waals surface area (Å²) in [6.45, 7) is 3.90. The van der Waals surface area contributed by atoms with Crippen molar-refractivity contribution in [2.45, 2.75) is 20.3 Å². The van der Waals surface area contributed by atoms with E-state index in [-0.39, 0.29) is 11.8 Å². The third-order valence-electron chi connectivity index (χ3n) is 2.42. The fourth-order valence-corrected chi connectivity index (χ4v) is 1.19. The largest absolute Gasteiger partial charge is 0.495 e. The van der Waals surface area contributed by atoms with Crippen LogP contribution in [0.15, 0.2) is 24.3 Å². The highest BCUT2D eigenvalue weighted by Crippen LogP contribution is 2.23. The SMILES string of the molecule is CC[C@@H](C)C(=O)Nc1ccccc1OC. The lowest BCUT2D eigenvalue weighted by Gasteiger charge is -2.12. The van der Waals surface area contributed by atoms with Gasteiger partial charge in [-0.25, -0.2) is 0 Å². The van der Waals surface area contributed by atoms with Gasteiger partial charge < -0.3 is 10.1 Å². The number of carbonyl (C=O) groups is 1. The molecule has 0 bridgehead atoms. The summed E-state index contributed by atoms with van der Waals surface area (Å²) >= 11 is 0. The average molecular weight is 207 g/mol. The zero-order chi connectivity index (χ0) is 11.3. The van der Waals surface area contributed by atoms with E-state index < -0.39 is 0 Å². The minimum absolute atomic E-state index is 0.0231. The van der Waals surface area contributed by atoms with Crippen LogP contribution >= 0.6 is 0 Å². The quantitative estimate of drug-likeness (QED) is 0.824. The Kier molecular flexibility index (Phi) is 4.16. The summed E-state index contributed by atoms with van der Waals surface area (Å²) in [5, 5.41) is 2.85. The molecule has 1 aromatic rings. The first-order chi connectivity index (χ1) is 7.19. The van der Waals surface area contributed by atoms with Crippen LogP contribution in [0.1, 0.15) is 20.3 Å². The Labute approximate surface area is 90.4 Å². The molecule has 3 nitrogen and oxygen atoms in total. The second-order valence-electron chi connectivity index (χ2n) is 3.50. The van der Waals surface area contributed by atoms with Gasteiger partial charge in [0.25, 0.3) is 0 Å². The molecule has 3 heteroatoms. The van der Waals surface area contributed by atoms with Crippen molar-refractivity contribution in [1.29, 1.82) is 0 Å². The van der Waals surface area contributed by atoms with Gasteiger partial charge in [0.15, 0.2) is 0 Å². The van der Waals surface area contributed by atoms with Crippen LogP contribution in [0, 0.1) is 5.92 Å². The number of benzene rings is 1. The van der Waals surface area contributed by atoms with Gasteiger partial charge in [0.05, 0.1) is 12.8 Å². The van der Waals surface area contributed by atoms with Gasteiger partial charge in [0.2, 0.25) is 5.91 Å². The Hall–Kier alpha value is -1.51. The first-order valence-electron chi connectivity index (χ1n) is 5.13. The second kappa shape index (κ2) is 5.39. The number of ether oxygens (including phenoxy) is 1. The van der Waals surface area contributed by atoms with Gasteiger partial charge in [-0.2, -0.15) is 0 Å². The molecule has 0 saturated carbocycles. The van der Waals surface area contributed by atoms with E-state index in [4.69, 9.17) is 4.74 Å². The minimum atomic E-state index is 0.0231. The van der Waals surface area contributed by atoms with Crippen molar-refractivity contribution in [3.05, 3.63) is 24.3 Å². The van der Waals surface area contributed by atoms with E-state index >= 15 is 0 Å². The molecule has 0 radical (unpaired) electrons. The summed E-state index contributed by atoms with van der Waals surface area (Å²) < 4.78 is 5.14. The number of anilines is 1. The highest BCUT2D eigenvalue weighted by molar-refractivity contribution is 5.93. The Balaban J connectivity index is 2.76. The van der Waals surface area contributed by atoms with Crippen LogP contribution in [0.2, 0.25) is 0 Å². The van der Waals surface area contributed by atoms with Crippen molar-refractivity contribution in [3.63, 3.8) is 0 Å². The lowest BCUT2D eigenvalue weighted by atomic mass is 10.1. The van der Waals surface area contributed by atoms with Gasteiger partial charge in [-0.05, 0) is 18.6 Å². The topological polar surface area (TPSA) is 38.3 Å². The molecule has 0 heterocycles. The standard InChI is InChI=1S/C12H17NO2/c1-4-9(2)12(14)13-10-7-5-6-8-11(10)15-3/h5-9H,4H2,1-3H3,(H,13,14)/t9-/m1/s1. The molecule has 82 valence electrons. The number of hydrogen-bond donors (Lipinski definition) is 1. The highest BCUT2D eigenvalue weighted by atomic mass is 16.5. The summed E-state index contributed by atoms with van der Waals surface area (Å²) in [5.74, 6) is 0.742. The first kappa shape index (κ1) is 11.6. The van der Waals surface area contributed by atoms with Crippen molar-refractivity contribution in [2.75, 3.05) is 12.4 Å². The molecule has 0 aliphatic rings. The summed E-state index contributed by atoms with van der Waals surface area (Å²) in [7, 11) is 1.59. The average Bonchev–Trinajstić information content (AvgIpc) is 2.28. The van der Waals surface area contributed by atoms with Crippen molar-refractivity contribution < 1.29 is 9.53 Å². The summed E-state index contributed by atoms with van der Waals surface area (Å²) in [4.78, 5) is 11.6. The molecule has 0 aliphatic carbocycles. The van der Waals surface area contributed by atoms with Crippen LogP contribution in [0.4, 0.5) is 5.69 Å². The molecule has 0 saturated heterocycles. The second-order valence-corrected chi connectivity index (χ2v) is 3.50. The molecule has 0 fully saturated rings. The van der Waals surface area contributed by atoms with Crippen molar-refractivity contribution in [2.24, 2.45) is 5.92 Å². The van der Waals surface area contributed by atoms with Crippen LogP contribution in [0.3, 0.4) is 0 Å². The molecular formula is C12H17NO2. The summed E-state index contributed by atoms with van der Waals surface area (Å²) in [6.07, 6.45) is 0.834. The number of carbonyl (C=O) groups excluding carboxylic acids is 1. The van der Waals surface area contributed by atoms with Gasteiger partial charge in [0, 0.05) is 5.92 Å². The number of nitrogens with one attached hydrogen (secondary N) is 1. The number of hydrogen-bond acceptors (Lipinski definition) is 2. The highest BCUT2D eigenvalue weighted by Gasteiger charge is 2.12. The van der Waals surface area contributed by atoms with Crippen molar-refractivity contribution in [3.8, 4) is 5.75 Å².